The van der Waals surface area contributed by atoms with Gasteiger partial charge in [-0.3, -0.25) is 14.8 Å². The van der Waals surface area contributed by atoms with Crippen LogP contribution in [0.1, 0.15) is 40.6 Å². The lowest BCUT2D eigenvalue weighted by Gasteiger charge is -2.34. The molecule has 0 aromatic carbocycles. The van der Waals surface area contributed by atoms with Crippen LogP contribution in [-0.4, -0.2) is 39.0 Å². The van der Waals surface area contributed by atoms with E-state index in [1.165, 1.54) is 0 Å². The van der Waals surface area contributed by atoms with Crippen molar-refractivity contribution in [3.8, 4) is 0 Å². The number of amides is 1. The van der Waals surface area contributed by atoms with Gasteiger partial charge in [-0.15, -0.1) is 0 Å². The van der Waals surface area contributed by atoms with Crippen molar-refractivity contribution in [1.82, 2.24) is 14.9 Å². The summed E-state index contributed by atoms with van der Waals surface area (Å²) < 4.78 is 37.6. The molecule has 0 saturated carbocycles. The van der Waals surface area contributed by atoms with Crippen LogP contribution in [0.2, 0.25) is 0 Å². The van der Waals surface area contributed by atoms with Gasteiger partial charge in [-0.25, -0.2) is 0 Å². The second-order valence-electron chi connectivity index (χ2n) is 6.29. The molecule has 1 atom stereocenters. The quantitative estimate of drug-likeness (QED) is 0.908. The highest BCUT2D eigenvalue weighted by atomic mass is 19.4. The third-order valence-electron chi connectivity index (χ3n) is 4.60. The van der Waals surface area contributed by atoms with Gasteiger partial charge in [0.05, 0.1) is 11.7 Å². The van der Waals surface area contributed by atoms with E-state index in [2.05, 4.69) is 9.97 Å². The molecule has 26 heavy (non-hydrogen) atoms. The van der Waals surface area contributed by atoms with E-state index < -0.39 is 18.0 Å². The molecule has 1 saturated heterocycles. The minimum atomic E-state index is -4.53. The molecule has 1 fully saturated rings. The van der Waals surface area contributed by atoms with E-state index in [1.54, 1.807) is 23.4 Å². The molecule has 1 aliphatic heterocycles. The Morgan fingerprint density at radius 1 is 1.19 bits per heavy atom. The standard InChI is InChI=1S/C18H18F3N3O2/c19-18(20,21)15-4-3-14(11-23-15)17(26)24-8-5-12(6-9-24)16(25)13-2-1-7-22-10-13/h1-4,7,10-12,16,25H,5-6,8-9H2. The first-order valence-corrected chi connectivity index (χ1v) is 8.27. The lowest BCUT2D eigenvalue weighted by Crippen LogP contribution is -2.39. The number of halogens is 3. The zero-order valence-electron chi connectivity index (χ0n) is 13.9. The number of aliphatic hydroxyl groups excluding tert-OH is 1. The van der Waals surface area contributed by atoms with Gasteiger partial charge in [-0.2, -0.15) is 13.2 Å². The number of piperidine rings is 1. The predicted octanol–water partition coefficient (Wildman–Crippen LogP) is 3.08. The van der Waals surface area contributed by atoms with E-state index in [9.17, 15) is 23.1 Å². The normalized spacial score (nSPS) is 17.2. The van der Waals surface area contributed by atoms with Crippen LogP contribution in [0.5, 0.6) is 0 Å². The van der Waals surface area contributed by atoms with Gasteiger partial charge >= 0.3 is 6.18 Å². The molecule has 0 radical (unpaired) electrons. The summed E-state index contributed by atoms with van der Waals surface area (Å²) in [7, 11) is 0. The number of aliphatic hydroxyl groups is 1. The molecular weight excluding hydrogens is 347 g/mol. The number of carbonyl (C=O) groups is 1. The fourth-order valence-electron chi connectivity index (χ4n) is 3.11. The summed E-state index contributed by atoms with van der Waals surface area (Å²) in [6.45, 7) is 0.865. The average molecular weight is 365 g/mol. The SMILES string of the molecule is O=C(c1ccc(C(F)(F)F)nc1)N1CCC(C(O)c2cccnc2)CC1. The maximum Gasteiger partial charge on any atom is 0.433 e. The van der Waals surface area contributed by atoms with Gasteiger partial charge in [0.2, 0.25) is 0 Å². The number of carbonyl (C=O) groups excluding carboxylic acids is 1. The Hall–Kier alpha value is -2.48. The second-order valence-corrected chi connectivity index (χ2v) is 6.29. The van der Waals surface area contributed by atoms with Crippen molar-refractivity contribution in [2.75, 3.05) is 13.1 Å². The van der Waals surface area contributed by atoms with Gasteiger partial charge in [0.1, 0.15) is 5.69 Å². The molecule has 2 aromatic heterocycles. The van der Waals surface area contributed by atoms with Gasteiger partial charge < -0.3 is 10.0 Å². The van der Waals surface area contributed by atoms with E-state index in [-0.39, 0.29) is 17.4 Å². The van der Waals surface area contributed by atoms with Crippen LogP contribution in [0.4, 0.5) is 13.2 Å². The number of pyridine rings is 2. The molecule has 3 heterocycles. The molecule has 138 valence electrons. The average Bonchev–Trinajstić information content (AvgIpc) is 2.67. The van der Waals surface area contributed by atoms with Crippen LogP contribution in [0.15, 0.2) is 42.9 Å². The topological polar surface area (TPSA) is 66.3 Å². The van der Waals surface area contributed by atoms with E-state index in [1.807, 2.05) is 6.07 Å². The first-order valence-electron chi connectivity index (χ1n) is 8.27. The van der Waals surface area contributed by atoms with Crippen LogP contribution in [-0.2, 0) is 6.18 Å². The number of nitrogens with zero attached hydrogens (tertiary/aromatic N) is 3. The molecule has 0 spiro atoms. The molecule has 2 aromatic rings. The largest absolute Gasteiger partial charge is 0.433 e. The van der Waals surface area contributed by atoms with E-state index in [0.29, 0.717) is 25.9 Å². The summed E-state index contributed by atoms with van der Waals surface area (Å²) in [5.41, 5.74) is -0.152. The molecule has 8 heteroatoms. The molecule has 5 nitrogen and oxygen atoms in total. The van der Waals surface area contributed by atoms with Crippen molar-refractivity contribution in [2.45, 2.75) is 25.1 Å². The Balaban J connectivity index is 1.60. The Bertz CT molecular complexity index is 743. The smallest absolute Gasteiger partial charge is 0.388 e. The van der Waals surface area contributed by atoms with Crippen molar-refractivity contribution in [2.24, 2.45) is 5.92 Å². The Labute approximate surface area is 148 Å². The summed E-state index contributed by atoms with van der Waals surface area (Å²) in [4.78, 5) is 21.3. The molecule has 1 amide bonds. The molecule has 3 rings (SSSR count). The summed E-state index contributed by atoms with van der Waals surface area (Å²) in [5, 5.41) is 10.4. The lowest BCUT2D eigenvalue weighted by atomic mass is 9.88. The third-order valence-corrected chi connectivity index (χ3v) is 4.60. The predicted molar refractivity (Wildman–Crippen MR) is 87.1 cm³/mol. The Morgan fingerprint density at radius 3 is 2.46 bits per heavy atom. The van der Waals surface area contributed by atoms with Crippen molar-refractivity contribution < 1.29 is 23.1 Å². The van der Waals surface area contributed by atoms with E-state index in [0.717, 1.165) is 23.9 Å². The van der Waals surface area contributed by atoms with Crippen molar-refractivity contribution in [1.29, 1.82) is 0 Å². The van der Waals surface area contributed by atoms with Gasteiger partial charge in [0.15, 0.2) is 0 Å². The van der Waals surface area contributed by atoms with Crippen LogP contribution < -0.4 is 0 Å². The Morgan fingerprint density at radius 2 is 1.92 bits per heavy atom. The number of alkyl halides is 3. The number of aromatic nitrogens is 2. The highest BCUT2D eigenvalue weighted by molar-refractivity contribution is 5.94. The molecule has 0 bridgehead atoms. The molecule has 1 unspecified atom stereocenters. The minimum absolute atomic E-state index is 0.00832. The Kier molecular flexibility index (Phi) is 5.22. The molecule has 0 aliphatic carbocycles. The zero-order chi connectivity index (χ0) is 18.7. The van der Waals surface area contributed by atoms with Crippen molar-refractivity contribution >= 4 is 5.91 Å². The highest BCUT2D eigenvalue weighted by Gasteiger charge is 2.33. The summed E-state index contributed by atoms with van der Waals surface area (Å²) in [6.07, 6.45) is 0.260. The maximum atomic E-state index is 12.5. The summed E-state index contributed by atoms with van der Waals surface area (Å²) in [6, 6.07) is 5.53. The summed E-state index contributed by atoms with van der Waals surface area (Å²) in [5.74, 6) is -0.338. The fraction of sp³-hybridized carbons (Fsp3) is 0.389. The van der Waals surface area contributed by atoms with Crippen molar-refractivity contribution in [3.63, 3.8) is 0 Å². The second kappa shape index (κ2) is 7.41. The van der Waals surface area contributed by atoms with Crippen LogP contribution in [0, 0.1) is 5.92 Å². The molecular formula is C18H18F3N3O2. The van der Waals surface area contributed by atoms with Crippen LogP contribution in [0.25, 0.3) is 0 Å². The minimum Gasteiger partial charge on any atom is -0.388 e. The molecule has 1 N–H and O–H groups in total. The number of rotatable bonds is 3. The van der Waals surface area contributed by atoms with Crippen LogP contribution in [0.3, 0.4) is 0 Å². The first kappa shape index (κ1) is 18.3. The zero-order valence-corrected chi connectivity index (χ0v) is 13.9. The van der Waals surface area contributed by atoms with Gasteiger partial charge in [0.25, 0.3) is 5.91 Å². The lowest BCUT2D eigenvalue weighted by molar-refractivity contribution is -0.141. The highest BCUT2D eigenvalue weighted by Crippen LogP contribution is 2.31. The van der Waals surface area contributed by atoms with Crippen LogP contribution >= 0.6 is 0 Å². The fourth-order valence-corrected chi connectivity index (χ4v) is 3.11. The van der Waals surface area contributed by atoms with Gasteiger partial charge in [0, 0.05) is 31.7 Å². The molecule has 1 aliphatic rings. The number of hydrogen-bond acceptors (Lipinski definition) is 4. The number of hydrogen-bond donors (Lipinski definition) is 1. The van der Waals surface area contributed by atoms with Gasteiger partial charge in [-0.1, -0.05) is 6.07 Å². The summed E-state index contributed by atoms with van der Waals surface area (Å²) >= 11 is 0. The monoisotopic (exact) mass is 365 g/mol. The van der Waals surface area contributed by atoms with E-state index in [4.69, 9.17) is 0 Å². The van der Waals surface area contributed by atoms with Crippen molar-refractivity contribution in [3.05, 3.63) is 59.7 Å². The van der Waals surface area contributed by atoms with E-state index >= 15 is 0 Å². The number of likely N-dealkylation sites (tertiary alicyclic amines) is 1. The maximum absolute atomic E-state index is 12.5. The van der Waals surface area contributed by atoms with Gasteiger partial charge in [-0.05, 0) is 42.5 Å². The first-order chi connectivity index (χ1) is 12.4. The third kappa shape index (κ3) is 4.01.